The van der Waals surface area contributed by atoms with Crippen molar-refractivity contribution in [3.63, 3.8) is 0 Å². The van der Waals surface area contributed by atoms with E-state index in [0.717, 1.165) is 0 Å². The summed E-state index contributed by atoms with van der Waals surface area (Å²) in [6, 6.07) is 12.2. The highest BCUT2D eigenvalue weighted by Gasteiger charge is 2.12. The quantitative estimate of drug-likeness (QED) is 0.754. The molecule has 2 amide bonds. The average Bonchev–Trinajstić information content (AvgIpc) is 2.97. The van der Waals surface area contributed by atoms with E-state index >= 15 is 0 Å². The van der Waals surface area contributed by atoms with Gasteiger partial charge in [-0.25, -0.2) is 4.98 Å². The summed E-state index contributed by atoms with van der Waals surface area (Å²) in [5.41, 5.74) is 0.414. The summed E-state index contributed by atoms with van der Waals surface area (Å²) in [5, 5.41) is 22.6. The number of carbonyl (C=O) groups excluding carboxylic acids is 2. The maximum atomic E-state index is 11.8. The molecule has 0 saturated carbocycles. The number of nitriles is 2. The minimum Gasteiger partial charge on any atom is -0.352 e. The van der Waals surface area contributed by atoms with Gasteiger partial charge in [0.05, 0.1) is 0 Å². The molecule has 3 N–H and O–H groups in total. The lowest BCUT2D eigenvalue weighted by molar-refractivity contribution is -0.116. The SMILES string of the molecule is N#Cc1nc(NC(=O)CCNC(=O)c2ccccc2)[nH]c1C#N. The predicted octanol–water partition coefficient (Wildman–Crippen LogP) is 0.912. The van der Waals surface area contributed by atoms with Crippen molar-refractivity contribution in [2.75, 3.05) is 11.9 Å². The van der Waals surface area contributed by atoms with Crippen molar-refractivity contribution >= 4 is 17.8 Å². The third-order valence-electron chi connectivity index (χ3n) is 2.85. The van der Waals surface area contributed by atoms with Crippen LogP contribution in [0.4, 0.5) is 5.95 Å². The summed E-state index contributed by atoms with van der Waals surface area (Å²) < 4.78 is 0. The first-order chi connectivity index (χ1) is 11.1. The largest absolute Gasteiger partial charge is 0.352 e. The predicted molar refractivity (Wildman–Crippen MR) is 80.0 cm³/mol. The van der Waals surface area contributed by atoms with Crippen molar-refractivity contribution in [3.8, 4) is 12.1 Å². The molecule has 2 rings (SSSR count). The van der Waals surface area contributed by atoms with Crippen LogP contribution in [0.3, 0.4) is 0 Å². The molecule has 0 bridgehead atoms. The first-order valence-electron chi connectivity index (χ1n) is 6.67. The van der Waals surface area contributed by atoms with Crippen LogP contribution < -0.4 is 10.6 Å². The molecule has 0 spiro atoms. The van der Waals surface area contributed by atoms with E-state index in [9.17, 15) is 9.59 Å². The second-order valence-corrected chi connectivity index (χ2v) is 4.45. The fourth-order valence-electron chi connectivity index (χ4n) is 1.77. The zero-order valence-corrected chi connectivity index (χ0v) is 12.0. The molecular weight excluding hydrogens is 296 g/mol. The molecule has 0 unspecified atom stereocenters. The lowest BCUT2D eigenvalue weighted by Gasteiger charge is -2.05. The molecule has 23 heavy (non-hydrogen) atoms. The molecule has 0 aliphatic rings. The Morgan fingerprint density at radius 2 is 1.91 bits per heavy atom. The molecular formula is C15H12N6O2. The summed E-state index contributed by atoms with van der Waals surface area (Å²) in [7, 11) is 0. The van der Waals surface area contributed by atoms with Gasteiger partial charge < -0.3 is 10.3 Å². The van der Waals surface area contributed by atoms with Crippen LogP contribution in [-0.4, -0.2) is 28.3 Å². The zero-order chi connectivity index (χ0) is 16.7. The van der Waals surface area contributed by atoms with E-state index in [0.29, 0.717) is 5.56 Å². The molecule has 1 aromatic carbocycles. The highest BCUT2D eigenvalue weighted by Crippen LogP contribution is 2.07. The van der Waals surface area contributed by atoms with Crippen LogP contribution in [0.15, 0.2) is 30.3 Å². The van der Waals surface area contributed by atoms with Gasteiger partial charge in [0.15, 0.2) is 11.4 Å². The van der Waals surface area contributed by atoms with Gasteiger partial charge in [0.25, 0.3) is 5.91 Å². The molecule has 0 atom stereocenters. The molecule has 0 saturated heterocycles. The van der Waals surface area contributed by atoms with E-state index < -0.39 is 5.91 Å². The van der Waals surface area contributed by atoms with Crippen molar-refractivity contribution < 1.29 is 9.59 Å². The first kappa shape index (κ1) is 15.7. The maximum absolute atomic E-state index is 11.8. The molecule has 114 valence electrons. The zero-order valence-electron chi connectivity index (χ0n) is 12.0. The molecule has 8 nitrogen and oxygen atoms in total. The summed E-state index contributed by atoms with van der Waals surface area (Å²) in [4.78, 5) is 29.8. The van der Waals surface area contributed by atoms with Crippen LogP contribution in [0.2, 0.25) is 0 Å². The fraction of sp³-hybridized carbons (Fsp3) is 0.133. The third-order valence-corrected chi connectivity index (χ3v) is 2.85. The second-order valence-electron chi connectivity index (χ2n) is 4.45. The Hall–Kier alpha value is -3.65. The van der Waals surface area contributed by atoms with Crippen LogP contribution >= 0.6 is 0 Å². The number of H-pyrrole nitrogens is 1. The summed E-state index contributed by atoms with van der Waals surface area (Å²) in [6.07, 6.45) is 0.0308. The first-order valence-corrected chi connectivity index (χ1v) is 6.67. The lowest BCUT2D eigenvalue weighted by atomic mass is 10.2. The molecule has 0 fully saturated rings. The normalized spacial score (nSPS) is 9.48. The number of hydrogen-bond acceptors (Lipinski definition) is 5. The highest BCUT2D eigenvalue weighted by atomic mass is 16.2. The van der Waals surface area contributed by atoms with Gasteiger partial charge in [-0.05, 0) is 12.1 Å². The van der Waals surface area contributed by atoms with E-state index in [2.05, 4.69) is 20.6 Å². The van der Waals surface area contributed by atoms with E-state index in [1.807, 2.05) is 0 Å². The standard InChI is InChI=1S/C15H12N6O2/c16-8-11-12(9-17)20-15(19-11)21-13(22)6-7-18-14(23)10-4-2-1-3-5-10/h1-5H,6-7H2,(H,18,23)(H2,19,20,21,22). The van der Waals surface area contributed by atoms with E-state index in [1.165, 1.54) is 0 Å². The van der Waals surface area contributed by atoms with Gasteiger partial charge in [-0.2, -0.15) is 10.5 Å². The van der Waals surface area contributed by atoms with E-state index in [1.54, 1.807) is 42.5 Å². The van der Waals surface area contributed by atoms with Crippen molar-refractivity contribution in [2.45, 2.75) is 6.42 Å². The topological polar surface area (TPSA) is 134 Å². The van der Waals surface area contributed by atoms with Gasteiger partial charge in [0, 0.05) is 18.5 Å². The molecule has 0 radical (unpaired) electrons. The molecule has 2 aromatic rings. The third kappa shape index (κ3) is 4.16. The Balaban J connectivity index is 1.82. The number of nitrogens with zero attached hydrogens (tertiary/aromatic N) is 3. The van der Waals surface area contributed by atoms with E-state index in [-0.39, 0.29) is 36.2 Å². The van der Waals surface area contributed by atoms with Gasteiger partial charge in [-0.15, -0.1) is 0 Å². The van der Waals surface area contributed by atoms with Crippen molar-refractivity contribution in [3.05, 3.63) is 47.3 Å². The van der Waals surface area contributed by atoms with Gasteiger partial charge in [0.1, 0.15) is 12.1 Å². The van der Waals surface area contributed by atoms with Crippen LogP contribution in [0, 0.1) is 22.7 Å². The lowest BCUT2D eigenvalue weighted by Crippen LogP contribution is -2.27. The maximum Gasteiger partial charge on any atom is 0.251 e. The summed E-state index contributed by atoms with van der Waals surface area (Å²) >= 11 is 0. The molecule has 8 heteroatoms. The number of nitrogens with one attached hydrogen (secondary N) is 3. The highest BCUT2D eigenvalue weighted by molar-refractivity contribution is 5.95. The Kier molecular flexibility index (Phi) is 5.05. The average molecular weight is 308 g/mol. The number of carbonyl (C=O) groups is 2. The van der Waals surface area contributed by atoms with Crippen molar-refractivity contribution in [2.24, 2.45) is 0 Å². The Morgan fingerprint density at radius 1 is 1.17 bits per heavy atom. The van der Waals surface area contributed by atoms with Crippen LogP contribution in [0.25, 0.3) is 0 Å². The Bertz CT molecular complexity index is 766. The number of benzene rings is 1. The van der Waals surface area contributed by atoms with Gasteiger partial charge in [0.2, 0.25) is 11.9 Å². The number of amides is 2. The number of imidazole rings is 1. The summed E-state index contributed by atoms with van der Waals surface area (Å²) in [6.45, 7) is 0.149. The monoisotopic (exact) mass is 308 g/mol. The number of aromatic amines is 1. The van der Waals surface area contributed by atoms with E-state index in [4.69, 9.17) is 10.5 Å². The Labute approximate surface area is 131 Å². The summed E-state index contributed by atoms with van der Waals surface area (Å²) in [5.74, 6) is -0.645. The van der Waals surface area contributed by atoms with Gasteiger partial charge >= 0.3 is 0 Å². The van der Waals surface area contributed by atoms with Crippen molar-refractivity contribution in [1.29, 1.82) is 10.5 Å². The number of anilines is 1. The number of hydrogen-bond donors (Lipinski definition) is 3. The second kappa shape index (κ2) is 7.38. The van der Waals surface area contributed by atoms with Crippen LogP contribution in [0.1, 0.15) is 28.2 Å². The fourth-order valence-corrected chi connectivity index (χ4v) is 1.77. The van der Waals surface area contributed by atoms with Crippen LogP contribution in [-0.2, 0) is 4.79 Å². The molecule has 1 heterocycles. The van der Waals surface area contributed by atoms with Crippen molar-refractivity contribution in [1.82, 2.24) is 15.3 Å². The molecule has 1 aromatic heterocycles. The van der Waals surface area contributed by atoms with Crippen LogP contribution in [0.5, 0.6) is 0 Å². The number of aromatic nitrogens is 2. The van der Waals surface area contributed by atoms with Gasteiger partial charge in [-0.3, -0.25) is 14.9 Å². The minimum absolute atomic E-state index is 0.0137. The number of rotatable bonds is 5. The van der Waals surface area contributed by atoms with Gasteiger partial charge in [-0.1, -0.05) is 18.2 Å². The molecule has 0 aliphatic carbocycles. The minimum atomic E-state index is -0.402. The molecule has 0 aliphatic heterocycles. The smallest absolute Gasteiger partial charge is 0.251 e. The Morgan fingerprint density at radius 3 is 2.52 bits per heavy atom.